The van der Waals surface area contributed by atoms with Gasteiger partial charge in [-0.25, -0.2) is 9.78 Å². The first-order valence-corrected chi connectivity index (χ1v) is 4.67. The number of amides is 1. The number of anilines is 1. The van der Waals surface area contributed by atoms with Crippen LogP contribution in [0, 0.1) is 5.92 Å². The Kier molecular flexibility index (Phi) is 2.37. The number of carbonyl (C=O) groups is 2. The number of pyridine rings is 1. The van der Waals surface area contributed by atoms with Crippen LogP contribution in [0.3, 0.4) is 0 Å². The molecule has 15 heavy (non-hydrogen) atoms. The van der Waals surface area contributed by atoms with E-state index in [0.29, 0.717) is 5.82 Å². The summed E-state index contributed by atoms with van der Waals surface area (Å²) in [5.41, 5.74) is 0.111. The fourth-order valence-corrected chi connectivity index (χ4v) is 1.17. The summed E-state index contributed by atoms with van der Waals surface area (Å²) in [5, 5.41) is 11.3. The number of carbonyl (C=O) groups excluding carboxylic acids is 1. The lowest BCUT2D eigenvalue weighted by atomic mass is 10.3. The summed E-state index contributed by atoms with van der Waals surface area (Å²) in [6.45, 7) is 0. The van der Waals surface area contributed by atoms with Gasteiger partial charge in [0.25, 0.3) is 0 Å². The number of aromatic carboxylic acids is 1. The molecule has 0 unspecified atom stereocenters. The quantitative estimate of drug-likeness (QED) is 0.776. The second-order valence-corrected chi connectivity index (χ2v) is 3.50. The van der Waals surface area contributed by atoms with Crippen LogP contribution >= 0.6 is 0 Å². The molecule has 2 N–H and O–H groups in total. The van der Waals surface area contributed by atoms with E-state index in [2.05, 4.69) is 10.3 Å². The van der Waals surface area contributed by atoms with Gasteiger partial charge in [-0.3, -0.25) is 4.79 Å². The van der Waals surface area contributed by atoms with Gasteiger partial charge in [0.05, 0.1) is 5.56 Å². The van der Waals surface area contributed by atoms with Crippen LogP contribution in [0.4, 0.5) is 5.82 Å². The molecule has 0 spiro atoms. The maximum atomic E-state index is 11.3. The SMILES string of the molecule is O=C(O)c1ccc(NC(=O)C2CC2)nc1. The number of hydrogen-bond donors (Lipinski definition) is 2. The first-order chi connectivity index (χ1) is 7.16. The van der Waals surface area contributed by atoms with E-state index in [4.69, 9.17) is 5.11 Å². The predicted octanol–water partition coefficient (Wildman–Crippen LogP) is 1.13. The average Bonchev–Trinajstić information content (AvgIpc) is 3.01. The standard InChI is InChI=1S/C10H10N2O3/c13-9(6-1-2-6)12-8-4-3-7(5-11-8)10(14)15/h3-6H,1-2H2,(H,14,15)(H,11,12,13). The molecule has 0 aliphatic heterocycles. The van der Waals surface area contributed by atoms with E-state index in [1.54, 1.807) is 0 Å². The molecule has 1 aromatic rings. The highest BCUT2D eigenvalue weighted by Gasteiger charge is 2.29. The van der Waals surface area contributed by atoms with Crippen molar-refractivity contribution in [2.45, 2.75) is 12.8 Å². The minimum atomic E-state index is -1.03. The first kappa shape index (κ1) is 9.64. The molecule has 0 radical (unpaired) electrons. The Bertz CT molecular complexity index is 396. The third-order valence-electron chi connectivity index (χ3n) is 2.21. The normalized spacial score (nSPS) is 14.7. The Labute approximate surface area is 86.1 Å². The lowest BCUT2D eigenvalue weighted by Crippen LogP contribution is -2.14. The van der Waals surface area contributed by atoms with Gasteiger partial charge in [0.1, 0.15) is 5.82 Å². The average molecular weight is 206 g/mol. The molecule has 1 fully saturated rings. The Morgan fingerprint density at radius 2 is 2.13 bits per heavy atom. The predicted molar refractivity (Wildman–Crippen MR) is 52.6 cm³/mol. The molecule has 5 nitrogen and oxygen atoms in total. The summed E-state index contributed by atoms with van der Waals surface area (Å²) in [4.78, 5) is 25.7. The van der Waals surface area contributed by atoms with E-state index < -0.39 is 5.97 Å². The molecule has 0 bridgehead atoms. The number of aromatic nitrogens is 1. The number of nitrogens with zero attached hydrogens (tertiary/aromatic N) is 1. The van der Waals surface area contributed by atoms with Gasteiger partial charge < -0.3 is 10.4 Å². The van der Waals surface area contributed by atoms with E-state index in [1.807, 2.05) is 0 Å². The second-order valence-electron chi connectivity index (χ2n) is 3.50. The van der Waals surface area contributed by atoms with Crippen molar-refractivity contribution >= 4 is 17.7 Å². The van der Waals surface area contributed by atoms with Crippen LogP contribution in [0.1, 0.15) is 23.2 Å². The number of carboxylic acids is 1. The number of nitrogens with one attached hydrogen (secondary N) is 1. The Hall–Kier alpha value is -1.91. The molecule has 1 aromatic heterocycles. The molecule has 1 aliphatic rings. The monoisotopic (exact) mass is 206 g/mol. The van der Waals surface area contributed by atoms with Crippen LogP contribution in [0.25, 0.3) is 0 Å². The van der Waals surface area contributed by atoms with Gasteiger partial charge in [0.15, 0.2) is 0 Å². The molecular weight excluding hydrogens is 196 g/mol. The van der Waals surface area contributed by atoms with Crippen LogP contribution in [-0.2, 0) is 4.79 Å². The lowest BCUT2D eigenvalue weighted by Gasteiger charge is -2.02. The van der Waals surface area contributed by atoms with E-state index in [1.165, 1.54) is 18.3 Å². The van der Waals surface area contributed by atoms with Gasteiger partial charge in [0.2, 0.25) is 5.91 Å². The molecule has 5 heteroatoms. The van der Waals surface area contributed by atoms with Crippen LogP contribution < -0.4 is 5.32 Å². The number of rotatable bonds is 3. The fraction of sp³-hybridized carbons (Fsp3) is 0.300. The summed E-state index contributed by atoms with van der Waals surface area (Å²) in [6.07, 6.45) is 3.09. The summed E-state index contributed by atoms with van der Waals surface area (Å²) >= 11 is 0. The van der Waals surface area contributed by atoms with E-state index in [-0.39, 0.29) is 17.4 Å². The van der Waals surface area contributed by atoms with Crippen molar-refractivity contribution in [3.63, 3.8) is 0 Å². The van der Waals surface area contributed by atoms with Gasteiger partial charge in [0, 0.05) is 12.1 Å². The Morgan fingerprint density at radius 3 is 2.60 bits per heavy atom. The van der Waals surface area contributed by atoms with Gasteiger partial charge in [-0.05, 0) is 25.0 Å². The highest BCUT2D eigenvalue weighted by molar-refractivity contribution is 5.93. The van der Waals surface area contributed by atoms with Gasteiger partial charge in [-0.15, -0.1) is 0 Å². The molecule has 2 rings (SSSR count). The topological polar surface area (TPSA) is 79.3 Å². The van der Waals surface area contributed by atoms with Crippen molar-refractivity contribution < 1.29 is 14.7 Å². The zero-order valence-electron chi connectivity index (χ0n) is 7.93. The van der Waals surface area contributed by atoms with Crippen LogP contribution in [-0.4, -0.2) is 22.0 Å². The third kappa shape index (κ3) is 2.31. The van der Waals surface area contributed by atoms with Crippen molar-refractivity contribution in [1.29, 1.82) is 0 Å². The molecule has 0 saturated heterocycles. The summed E-state index contributed by atoms with van der Waals surface area (Å²) in [6, 6.07) is 2.90. The van der Waals surface area contributed by atoms with Crippen molar-refractivity contribution in [3.8, 4) is 0 Å². The van der Waals surface area contributed by atoms with E-state index in [0.717, 1.165) is 12.8 Å². The Morgan fingerprint density at radius 1 is 1.40 bits per heavy atom. The molecule has 1 heterocycles. The minimum Gasteiger partial charge on any atom is -0.478 e. The number of carboxylic acid groups (broad SMARTS) is 1. The number of hydrogen-bond acceptors (Lipinski definition) is 3. The summed E-state index contributed by atoms with van der Waals surface area (Å²) in [7, 11) is 0. The molecule has 1 aliphatic carbocycles. The van der Waals surface area contributed by atoms with Gasteiger partial charge in [-0.2, -0.15) is 0 Å². The van der Waals surface area contributed by atoms with Gasteiger partial charge in [-0.1, -0.05) is 0 Å². The molecule has 0 aromatic carbocycles. The smallest absolute Gasteiger partial charge is 0.337 e. The summed E-state index contributed by atoms with van der Waals surface area (Å²) < 4.78 is 0. The molecular formula is C10H10N2O3. The van der Waals surface area contributed by atoms with Crippen molar-refractivity contribution in [3.05, 3.63) is 23.9 Å². The van der Waals surface area contributed by atoms with Gasteiger partial charge >= 0.3 is 5.97 Å². The first-order valence-electron chi connectivity index (χ1n) is 4.67. The van der Waals surface area contributed by atoms with Crippen molar-refractivity contribution in [2.75, 3.05) is 5.32 Å². The van der Waals surface area contributed by atoms with Crippen molar-refractivity contribution in [2.24, 2.45) is 5.92 Å². The van der Waals surface area contributed by atoms with E-state index >= 15 is 0 Å². The maximum absolute atomic E-state index is 11.3. The zero-order valence-corrected chi connectivity index (χ0v) is 7.93. The minimum absolute atomic E-state index is 0.0365. The molecule has 78 valence electrons. The van der Waals surface area contributed by atoms with Crippen LogP contribution in [0.15, 0.2) is 18.3 Å². The van der Waals surface area contributed by atoms with Crippen LogP contribution in [0.5, 0.6) is 0 Å². The molecule has 1 amide bonds. The molecule has 1 saturated carbocycles. The summed E-state index contributed by atoms with van der Waals surface area (Å²) in [5.74, 6) is -0.545. The van der Waals surface area contributed by atoms with E-state index in [9.17, 15) is 9.59 Å². The highest BCUT2D eigenvalue weighted by Crippen LogP contribution is 2.29. The maximum Gasteiger partial charge on any atom is 0.337 e. The van der Waals surface area contributed by atoms with Crippen molar-refractivity contribution in [1.82, 2.24) is 4.98 Å². The largest absolute Gasteiger partial charge is 0.478 e. The highest BCUT2D eigenvalue weighted by atomic mass is 16.4. The Balaban J connectivity index is 2.03. The second kappa shape index (κ2) is 3.68. The third-order valence-corrected chi connectivity index (χ3v) is 2.21. The zero-order chi connectivity index (χ0) is 10.8. The molecule has 0 atom stereocenters. The fourth-order valence-electron chi connectivity index (χ4n) is 1.17. The van der Waals surface area contributed by atoms with Crippen LogP contribution in [0.2, 0.25) is 0 Å². The lowest BCUT2D eigenvalue weighted by molar-refractivity contribution is -0.117.